The van der Waals surface area contributed by atoms with Gasteiger partial charge in [-0.25, -0.2) is 8.78 Å². The van der Waals surface area contributed by atoms with E-state index in [1.54, 1.807) is 12.5 Å². The van der Waals surface area contributed by atoms with Crippen LogP contribution in [0, 0.1) is 6.42 Å². The Kier molecular flexibility index (Phi) is 2.44. The first-order valence-corrected chi connectivity index (χ1v) is 3.27. The van der Waals surface area contributed by atoms with Crippen LogP contribution in [-0.2, 0) is 0 Å². The Morgan fingerprint density at radius 3 is 2.60 bits per heavy atom. The second-order valence-corrected chi connectivity index (χ2v) is 2.35. The van der Waals surface area contributed by atoms with E-state index < -0.39 is 6.43 Å². The van der Waals surface area contributed by atoms with Gasteiger partial charge in [0.2, 0.25) is 0 Å². The Morgan fingerprint density at radius 1 is 1.50 bits per heavy atom. The highest BCUT2D eigenvalue weighted by molar-refractivity contribution is 6.32. The summed E-state index contributed by atoms with van der Waals surface area (Å²) in [5.41, 5.74) is -0.0760. The molecule has 0 atom stereocenters. The number of halogens is 3. The molecule has 1 aliphatic carbocycles. The summed E-state index contributed by atoms with van der Waals surface area (Å²) in [5, 5.41) is 0.178. The van der Waals surface area contributed by atoms with Crippen molar-refractivity contribution in [3.63, 3.8) is 0 Å². The molecule has 0 nitrogen and oxygen atoms in total. The molecule has 0 heterocycles. The zero-order valence-corrected chi connectivity index (χ0v) is 5.91. The van der Waals surface area contributed by atoms with Gasteiger partial charge in [0.15, 0.2) is 0 Å². The molecule has 0 bridgehead atoms. The van der Waals surface area contributed by atoms with Crippen LogP contribution in [0.2, 0.25) is 0 Å². The maximum absolute atomic E-state index is 12.0. The maximum atomic E-state index is 12.0. The van der Waals surface area contributed by atoms with E-state index in [4.69, 9.17) is 11.6 Å². The third-order valence-corrected chi connectivity index (χ3v) is 1.61. The molecule has 0 aromatic carbocycles. The molecule has 0 saturated heterocycles. The molecule has 0 aliphatic heterocycles. The van der Waals surface area contributed by atoms with Gasteiger partial charge >= 0.3 is 0 Å². The first kappa shape index (κ1) is 7.73. The molecule has 55 valence electrons. The summed E-state index contributed by atoms with van der Waals surface area (Å²) in [6.07, 6.45) is 2.79. The van der Waals surface area contributed by atoms with E-state index in [0.717, 1.165) is 0 Å². The van der Waals surface area contributed by atoms with Crippen molar-refractivity contribution >= 4 is 11.6 Å². The SMILES string of the molecule is FC(F)C1=C[CH]CC=C1Cl. The van der Waals surface area contributed by atoms with Gasteiger partial charge in [0.25, 0.3) is 6.43 Å². The second-order valence-electron chi connectivity index (χ2n) is 1.95. The molecule has 3 heteroatoms. The Morgan fingerprint density at radius 2 is 2.20 bits per heavy atom. The van der Waals surface area contributed by atoms with Crippen LogP contribution in [0.4, 0.5) is 8.78 Å². The largest absolute Gasteiger partial charge is 0.264 e. The maximum Gasteiger partial charge on any atom is 0.264 e. The minimum absolute atomic E-state index is 0.0760. The van der Waals surface area contributed by atoms with Crippen LogP contribution in [0.1, 0.15) is 6.42 Å². The summed E-state index contributed by atoms with van der Waals surface area (Å²) < 4.78 is 23.9. The number of hydrogen-bond donors (Lipinski definition) is 0. The average Bonchev–Trinajstić information content (AvgIpc) is 1.88. The third kappa shape index (κ3) is 1.57. The van der Waals surface area contributed by atoms with Crippen molar-refractivity contribution in [3.05, 3.63) is 29.2 Å². The fraction of sp³-hybridized carbons (Fsp3) is 0.286. The molecule has 0 amide bonds. The lowest BCUT2D eigenvalue weighted by Crippen LogP contribution is -2.00. The first-order chi connectivity index (χ1) is 4.72. The smallest absolute Gasteiger partial charge is 0.205 e. The zero-order chi connectivity index (χ0) is 7.56. The van der Waals surface area contributed by atoms with Crippen LogP contribution in [0.25, 0.3) is 0 Å². The highest BCUT2D eigenvalue weighted by Crippen LogP contribution is 2.26. The number of hydrogen-bond acceptors (Lipinski definition) is 0. The van der Waals surface area contributed by atoms with E-state index in [-0.39, 0.29) is 10.6 Å². The molecule has 0 aromatic rings. The predicted molar refractivity (Wildman–Crippen MR) is 36.9 cm³/mol. The Labute approximate surface area is 63.2 Å². The highest BCUT2D eigenvalue weighted by atomic mass is 35.5. The lowest BCUT2D eigenvalue weighted by molar-refractivity contribution is 0.193. The van der Waals surface area contributed by atoms with Crippen molar-refractivity contribution in [2.45, 2.75) is 12.8 Å². The number of allylic oxidation sites excluding steroid dienone is 4. The predicted octanol–water partition coefficient (Wildman–Crippen LogP) is 2.91. The summed E-state index contributed by atoms with van der Waals surface area (Å²) in [5.74, 6) is 0. The van der Waals surface area contributed by atoms with Gasteiger partial charge in [-0.1, -0.05) is 23.8 Å². The van der Waals surface area contributed by atoms with E-state index in [9.17, 15) is 8.78 Å². The molecular formula is C7H6ClF2. The average molecular weight is 164 g/mol. The number of alkyl halides is 2. The van der Waals surface area contributed by atoms with Gasteiger partial charge in [-0.2, -0.15) is 0 Å². The molecule has 0 aromatic heterocycles. The van der Waals surface area contributed by atoms with Gasteiger partial charge in [0.1, 0.15) is 0 Å². The molecule has 1 rings (SSSR count). The van der Waals surface area contributed by atoms with Crippen LogP contribution < -0.4 is 0 Å². The molecule has 10 heavy (non-hydrogen) atoms. The molecule has 0 unspecified atom stereocenters. The monoisotopic (exact) mass is 163 g/mol. The Hall–Kier alpha value is -0.370. The second kappa shape index (κ2) is 3.15. The minimum atomic E-state index is -2.46. The van der Waals surface area contributed by atoms with E-state index in [2.05, 4.69) is 0 Å². The molecular weight excluding hydrogens is 158 g/mol. The van der Waals surface area contributed by atoms with E-state index in [1.165, 1.54) is 6.08 Å². The fourth-order valence-corrected chi connectivity index (χ4v) is 0.976. The quantitative estimate of drug-likeness (QED) is 0.558. The lowest BCUT2D eigenvalue weighted by atomic mass is 10.1. The van der Waals surface area contributed by atoms with Gasteiger partial charge in [-0.05, 0) is 12.8 Å². The van der Waals surface area contributed by atoms with Crippen molar-refractivity contribution in [2.24, 2.45) is 0 Å². The molecule has 1 aliphatic rings. The van der Waals surface area contributed by atoms with Crippen molar-refractivity contribution < 1.29 is 8.78 Å². The van der Waals surface area contributed by atoms with Gasteiger partial charge in [0, 0.05) is 10.6 Å². The summed E-state index contributed by atoms with van der Waals surface area (Å²) in [6, 6.07) is 0. The van der Waals surface area contributed by atoms with Crippen LogP contribution in [-0.4, -0.2) is 6.43 Å². The van der Waals surface area contributed by atoms with Gasteiger partial charge < -0.3 is 0 Å². The summed E-state index contributed by atoms with van der Waals surface area (Å²) in [7, 11) is 0. The van der Waals surface area contributed by atoms with E-state index in [1.807, 2.05) is 0 Å². The van der Waals surface area contributed by atoms with Crippen molar-refractivity contribution in [2.75, 3.05) is 0 Å². The number of rotatable bonds is 1. The highest BCUT2D eigenvalue weighted by Gasteiger charge is 2.15. The normalized spacial score (nSPS) is 18.8. The van der Waals surface area contributed by atoms with Crippen LogP contribution >= 0.6 is 11.6 Å². The van der Waals surface area contributed by atoms with Gasteiger partial charge in [-0.3, -0.25) is 0 Å². The zero-order valence-electron chi connectivity index (χ0n) is 5.15. The van der Waals surface area contributed by atoms with E-state index >= 15 is 0 Å². The fourth-order valence-electron chi connectivity index (χ4n) is 0.741. The lowest BCUT2D eigenvalue weighted by Gasteiger charge is -2.08. The topological polar surface area (TPSA) is 0 Å². The molecule has 0 spiro atoms. The van der Waals surface area contributed by atoms with Crippen LogP contribution in [0.15, 0.2) is 22.8 Å². The first-order valence-electron chi connectivity index (χ1n) is 2.89. The molecule has 0 saturated carbocycles. The molecule has 0 fully saturated rings. The Bertz CT molecular complexity index is 182. The summed E-state index contributed by atoms with van der Waals surface area (Å²) in [6.45, 7) is 0. The van der Waals surface area contributed by atoms with Crippen LogP contribution in [0.5, 0.6) is 0 Å². The minimum Gasteiger partial charge on any atom is -0.205 e. The van der Waals surface area contributed by atoms with Crippen LogP contribution in [0.3, 0.4) is 0 Å². The third-order valence-electron chi connectivity index (χ3n) is 1.24. The van der Waals surface area contributed by atoms with Crippen molar-refractivity contribution in [3.8, 4) is 0 Å². The molecule has 1 radical (unpaired) electrons. The van der Waals surface area contributed by atoms with Gasteiger partial charge in [0.05, 0.1) is 0 Å². The van der Waals surface area contributed by atoms with Gasteiger partial charge in [-0.15, -0.1) is 0 Å². The summed E-state index contributed by atoms with van der Waals surface area (Å²) in [4.78, 5) is 0. The van der Waals surface area contributed by atoms with E-state index in [0.29, 0.717) is 6.42 Å². The standard InChI is InChI=1S/C7H6ClF2/c8-6-4-2-1-3-5(6)7(9)10/h1,3-4,7H,2H2. The van der Waals surface area contributed by atoms with Crippen molar-refractivity contribution in [1.29, 1.82) is 0 Å². The molecule has 0 N–H and O–H groups in total. The summed E-state index contributed by atoms with van der Waals surface area (Å²) >= 11 is 5.47. The Balaban J connectivity index is 2.74. The van der Waals surface area contributed by atoms with Crippen molar-refractivity contribution in [1.82, 2.24) is 0 Å².